The first kappa shape index (κ1) is 22.7. The van der Waals surface area contributed by atoms with Crippen LogP contribution in [0.1, 0.15) is 67.5 Å². The van der Waals surface area contributed by atoms with Crippen molar-refractivity contribution in [2.75, 3.05) is 42.9 Å². The smallest absolute Gasteiger partial charge is 0.255 e. The summed E-state index contributed by atoms with van der Waals surface area (Å²) in [6.07, 6.45) is 8.94. The number of aliphatic hydroxyl groups excluding tert-OH is 1. The minimum atomic E-state index is -0.604. The number of rotatable bonds is 7. The predicted octanol–water partition coefficient (Wildman–Crippen LogP) is 4.48. The van der Waals surface area contributed by atoms with Crippen molar-refractivity contribution < 1.29 is 9.90 Å². The second-order valence-corrected chi connectivity index (χ2v) is 9.25. The van der Waals surface area contributed by atoms with Crippen LogP contribution in [0.5, 0.6) is 0 Å². The standard InChI is InChI=1S/C26H36N4O2/c1-20(31)22-7-5-8-23(19-22)26(32)28-24-9-6-13-27-25(24)30-17-11-21(12-18-30)10-16-29-14-3-2-4-15-29/h5-9,13,19-21,31H,2-4,10-12,14-18H2,1H3,(H,28,32). The van der Waals surface area contributed by atoms with Gasteiger partial charge in [0.05, 0.1) is 11.8 Å². The largest absolute Gasteiger partial charge is 0.389 e. The monoisotopic (exact) mass is 436 g/mol. The van der Waals surface area contributed by atoms with Gasteiger partial charge >= 0.3 is 0 Å². The van der Waals surface area contributed by atoms with Crippen LogP contribution in [0.15, 0.2) is 42.6 Å². The van der Waals surface area contributed by atoms with Crippen molar-refractivity contribution in [2.24, 2.45) is 5.92 Å². The number of carbonyl (C=O) groups is 1. The van der Waals surface area contributed by atoms with Crippen LogP contribution in [0, 0.1) is 5.92 Å². The van der Waals surface area contributed by atoms with E-state index in [0.717, 1.165) is 36.1 Å². The lowest BCUT2D eigenvalue weighted by molar-refractivity contribution is 0.102. The fourth-order valence-electron chi connectivity index (χ4n) is 4.86. The van der Waals surface area contributed by atoms with Crippen molar-refractivity contribution in [2.45, 2.75) is 51.6 Å². The van der Waals surface area contributed by atoms with Crippen molar-refractivity contribution in [3.8, 4) is 0 Å². The molecule has 0 bridgehead atoms. The summed E-state index contributed by atoms with van der Waals surface area (Å²) in [6, 6.07) is 10.9. The Morgan fingerprint density at radius 3 is 2.66 bits per heavy atom. The molecule has 0 saturated carbocycles. The van der Waals surface area contributed by atoms with Crippen LogP contribution < -0.4 is 10.2 Å². The van der Waals surface area contributed by atoms with Gasteiger partial charge in [0.1, 0.15) is 0 Å². The van der Waals surface area contributed by atoms with Gasteiger partial charge in [-0.3, -0.25) is 4.79 Å². The number of pyridine rings is 1. The molecule has 2 N–H and O–H groups in total. The van der Waals surface area contributed by atoms with Crippen LogP contribution >= 0.6 is 0 Å². The molecule has 2 saturated heterocycles. The summed E-state index contributed by atoms with van der Waals surface area (Å²) in [6.45, 7) is 7.43. The molecule has 6 nitrogen and oxygen atoms in total. The first-order valence-corrected chi connectivity index (χ1v) is 12.1. The molecule has 2 aliphatic heterocycles. The molecule has 1 atom stereocenters. The molecular weight excluding hydrogens is 400 g/mol. The lowest BCUT2D eigenvalue weighted by Gasteiger charge is -2.35. The number of carbonyl (C=O) groups excluding carboxylic acids is 1. The molecule has 32 heavy (non-hydrogen) atoms. The van der Waals surface area contributed by atoms with Gasteiger partial charge in [0.2, 0.25) is 0 Å². The molecule has 0 aliphatic carbocycles. The number of aromatic nitrogens is 1. The molecule has 172 valence electrons. The van der Waals surface area contributed by atoms with Crippen molar-refractivity contribution >= 4 is 17.4 Å². The van der Waals surface area contributed by atoms with Crippen LogP contribution in [-0.2, 0) is 0 Å². The van der Waals surface area contributed by atoms with E-state index >= 15 is 0 Å². The Bertz CT molecular complexity index is 887. The zero-order chi connectivity index (χ0) is 22.3. The van der Waals surface area contributed by atoms with E-state index in [4.69, 9.17) is 0 Å². The van der Waals surface area contributed by atoms with E-state index < -0.39 is 6.10 Å². The molecule has 0 spiro atoms. The van der Waals surface area contributed by atoms with Crippen molar-refractivity contribution in [3.05, 3.63) is 53.7 Å². The lowest BCUT2D eigenvalue weighted by Crippen LogP contribution is -2.37. The Hall–Kier alpha value is -2.44. The molecule has 1 aromatic heterocycles. The van der Waals surface area contributed by atoms with Gasteiger partial charge in [0, 0.05) is 24.8 Å². The summed E-state index contributed by atoms with van der Waals surface area (Å²) in [5.41, 5.74) is 2.01. The molecule has 2 aromatic rings. The van der Waals surface area contributed by atoms with Gasteiger partial charge in [-0.1, -0.05) is 18.6 Å². The quantitative estimate of drug-likeness (QED) is 0.670. The van der Waals surface area contributed by atoms with Crippen LogP contribution in [-0.4, -0.2) is 53.6 Å². The third-order valence-corrected chi connectivity index (χ3v) is 6.88. The number of amides is 1. The third kappa shape index (κ3) is 5.87. The predicted molar refractivity (Wildman–Crippen MR) is 129 cm³/mol. The maximum atomic E-state index is 12.9. The number of piperidine rings is 2. The van der Waals surface area contributed by atoms with Gasteiger partial charge in [-0.15, -0.1) is 0 Å². The van der Waals surface area contributed by atoms with Crippen LogP contribution in [0.25, 0.3) is 0 Å². The number of anilines is 2. The molecule has 2 fully saturated rings. The van der Waals surface area contributed by atoms with E-state index in [0.29, 0.717) is 5.56 Å². The molecule has 1 amide bonds. The minimum absolute atomic E-state index is 0.182. The molecule has 2 aliphatic rings. The Morgan fingerprint density at radius 1 is 1.12 bits per heavy atom. The molecule has 1 aromatic carbocycles. The number of nitrogens with zero attached hydrogens (tertiary/aromatic N) is 3. The van der Waals surface area contributed by atoms with E-state index in [1.165, 1.54) is 58.2 Å². The summed E-state index contributed by atoms with van der Waals surface area (Å²) < 4.78 is 0. The van der Waals surface area contributed by atoms with Gasteiger partial charge in [-0.25, -0.2) is 4.98 Å². The second-order valence-electron chi connectivity index (χ2n) is 9.25. The number of likely N-dealkylation sites (tertiary alicyclic amines) is 1. The van der Waals surface area contributed by atoms with Gasteiger partial charge in [-0.2, -0.15) is 0 Å². The zero-order valence-corrected chi connectivity index (χ0v) is 19.2. The summed E-state index contributed by atoms with van der Waals surface area (Å²) >= 11 is 0. The number of benzene rings is 1. The maximum absolute atomic E-state index is 12.9. The first-order valence-electron chi connectivity index (χ1n) is 12.1. The highest BCUT2D eigenvalue weighted by molar-refractivity contribution is 6.05. The minimum Gasteiger partial charge on any atom is -0.389 e. The Kier molecular flexibility index (Phi) is 7.76. The highest BCUT2D eigenvalue weighted by Crippen LogP contribution is 2.29. The fraction of sp³-hybridized carbons (Fsp3) is 0.538. The summed E-state index contributed by atoms with van der Waals surface area (Å²) in [5, 5.41) is 12.9. The van der Waals surface area contributed by atoms with Crippen LogP contribution in [0.2, 0.25) is 0 Å². The van der Waals surface area contributed by atoms with Gasteiger partial charge in [-0.05, 0) is 94.4 Å². The van der Waals surface area contributed by atoms with Gasteiger partial charge in [0.25, 0.3) is 5.91 Å². The SMILES string of the molecule is CC(O)c1cccc(C(=O)Nc2cccnc2N2CCC(CCN3CCCCC3)CC2)c1. The normalized spacial score (nSPS) is 19.0. The van der Waals surface area contributed by atoms with E-state index in [9.17, 15) is 9.90 Å². The number of nitrogens with one attached hydrogen (secondary N) is 1. The fourth-order valence-corrected chi connectivity index (χ4v) is 4.86. The van der Waals surface area contributed by atoms with Crippen molar-refractivity contribution in [1.29, 1.82) is 0 Å². The van der Waals surface area contributed by atoms with Crippen molar-refractivity contribution in [1.82, 2.24) is 9.88 Å². The Balaban J connectivity index is 1.34. The highest BCUT2D eigenvalue weighted by Gasteiger charge is 2.23. The van der Waals surface area contributed by atoms with Gasteiger partial charge < -0.3 is 20.2 Å². The summed E-state index contributed by atoms with van der Waals surface area (Å²) in [5.74, 6) is 1.44. The van der Waals surface area contributed by atoms with E-state index in [1.807, 2.05) is 18.2 Å². The lowest BCUT2D eigenvalue weighted by atomic mass is 9.93. The number of hydrogen-bond acceptors (Lipinski definition) is 5. The van der Waals surface area contributed by atoms with Crippen LogP contribution in [0.3, 0.4) is 0 Å². The van der Waals surface area contributed by atoms with Crippen molar-refractivity contribution in [3.63, 3.8) is 0 Å². The second kappa shape index (κ2) is 10.9. The Labute approximate surface area is 191 Å². The molecule has 1 unspecified atom stereocenters. The summed E-state index contributed by atoms with van der Waals surface area (Å²) in [7, 11) is 0. The molecule has 4 rings (SSSR count). The summed E-state index contributed by atoms with van der Waals surface area (Å²) in [4.78, 5) is 22.4. The first-order chi connectivity index (χ1) is 15.6. The Morgan fingerprint density at radius 2 is 1.91 bits per heavy atom. The molecule has 0 radical (unpaired) electrons. The average molecular weight is 437 g/mol. The van der Waals surface area contributed by atoms with Crippen LogP contribution in [0.4, 0.5) is 11.5 Å². The maximum Gasteiger partial charge on any atom is 0.255 e. The topological polar surface area (TPSA) is 68.7 Å². The number of aliphatic hydroxyl groups is 1. The molecular formula is C26H36N4O2. The van der Waals surface area contributed by atoms with E-state index in [-0.39, 0.29) is 5.91 Å². The molecule has 3 heterocycles. The van der Waals surface area contributed by atoms with E-state index in [2.05, 4.69) is 20.1 Å². The third-order valence-electron chi connectivity index (χ3n) is 6.88. The zero-order valence-electron chi connectivity index (χ0n) is 19.2. The number of hydrogen-bond donors (Lipinski definition) is 2. The highest BCUT2D eigenvalue weighted by atomic mass is 16.3. The molecule has 6 heteroatoms. The van der Waals surface area contributed by atoms with E-state index in [1.54, 1.807) is 31.3 Å². The average Bonchev–Trinajstić information content (AvgIpc) is 2.84. The van der Waals surface area contributed by atoms with Gasteiger partial charge in [0.15, 0.2) is 5.82 Å².